The summed E-state index contributed by atoms with van der Waals surface area (Å²) in [6.07, 6.45) is 2.88. The molecule has 3 aliphatic rings. The van der Waals surface area contributed by atoms with Crippen LogP contribution in [0.5, 0.6) is 0 Å². The van der Waals surface area contributed by atoms with Gasteiger partial charge in [0.2, 0.25) is 10.0 Å². The fraction of sp³-hybridized carbons (Fsp3) is 1.00. The van der Waals surface area contributed by atoms with E-state index < -0.39 is 10.0 Å². The minimum Gasteiger partial charge on any atom is -0.212 e. The summed E-state index contributed by atoms with van der Waals surface area (Å²) in [7, 11) is -2.88. The van der Waals surface area contributed by atoms with E-state index >= 15 is 0 Å². The lowest BCUT2D eigenvalue weighted by molar-refractivity contribution is 0.409. The molecular formula is C8H13NO2S2. The summed E-state index contributed by atoms with van der Waals surface area (Å²) in [6, 6.07) is 0.334. The van der Waals surface area contributed by atoms with Crippen LogP contribution in [0, 0.1) is 0 Å². The van der Waals surface area contributed by atoms with Crippen molar-refractivity contribution in [3.8, 4) is 0 Å². The maximum atomic E-state index is 11.9. The number of hydrogen-bond donors (Lipinski definition) is 0. The van der Waals surface area contributed by atoms with Crippen molar-refractivity contribution in [2.24, 2.45) is 0 Å². The monoisotopic (exact) mass is 219 g/mol. The van der Waals surface area contributed by atoms with Crippen molar-refractivity contribution in [2.45, 2.75) is 35.8 Å². The Morgan fingerprint density at radius 2 is 2.08 bits per heavy atom. The first kappa shape index (κ1) is 8.56. The van der Waals surface area contributed by atoms with Gasteiger partial charge in [0.05, 0.1) is 5.25 Å². The van der Waals surface area contributed by atoms with Crippen molar-refractivity contribution < 1.29 is 8.42 Å². The van der Waals surface area contributed by atoms with Gasteiger partial charge in [-0.2, -0.15) is 16.1 Å². The molecule has 2 saturated heterocycles. The number of nitrogens with zero attached hydrogens (tertiary/aromatic N) is 1. The molecule has 0 N–H and O–H groups in total. The van der Waals surface area contributed by atoms with Gasteiger partial charge in [-0.3, -0.25) is 0 Å². The maximum Gasteiger partial charge on any atom is 0.217 e. The molecular weight excluding hydrogens is 206 g/mol. The second-order valence-electron chi connectivity index (χ2n) is 4.16. The quantitative estimate of drug-likeness (QED) is 0.685. The van der Waals surface area contributed by atoms with Crippen LogP contribution in [0.25, 0.3) is 0 Å². The molecule has 74 valence electrons. The molecule has 3 fully saturated rings. The van der Waals surface area contributed by atoms with Crippen LogP contribution in [0.2, 0.25) is 0 Å². The van der Waals surface area contributed by atoms with Crippen molar-refractivity contribution in [1.29, 1.82) is 0 Å². The van der Waals surface area contributed by atoms with Crippen LogP contribution < -0.4 is 0 Å². The summed E-state index contributed by atoms with van der Waals surface area (Å²) in [4.78, 5) is 0. The second kappa shape index (κ2) is 2.64. The molecule has 2 aliphatic heterocycles. The first-order valence-corrected chi connectivity index (χ1v) is 7.35. The molecule has 0 aromatic heterocycles. The fourth-order valence-electron chi connectivity index (χ4n) is 2.23. The van der Waals surface area contributed by atoms with Crippen molar-refractivity contribution in [1.82, 2.24) is 4.31 Å². The van der Waals surface area contributed by atoms with E-state index in [1.54, 1.807) is 4.31 Å². The highest BCUT2D eigenvalue weighted by Gasteiger charge is 2.49. The molecule has 0 radical (unpaired) electrons. The van der Waals surface area contributed by atoms with Crippen molar-refractivity contribution in [3.63, 3.8) is 0 Å². The van der Waals surface area contributed by atoms with Crippen LogP contribution in [0.3, 0.4) is 0 Å². The van der Waals surface area contributed by atoms with Gasteiger partial charge in [-0.25, -0.2) is 8.42 Å². The molecule has 0 aromatic rings. The third-order valence-corrected chi connectivity index (χ3v) is 6.93. The van der Waals surface area contributed by atoms with Crippen molar-refractivity contribution >= 4 is 21.8 Å². The highest BCUT2D eigenvalue weighted by molar-refractivity contribution is 8.00. The molecule has 2 atom stereocenters. The van der Waals surface area contributed by atoms with Gasteiger partial charge in [0.15, 0.2) is 0 Å². The van der Waals surface area contributed by atoms with E-state index in [0.29, 0.717) is 11.3 Å². The molecule has 2 bridgehead atoms. The Morgan fingerprint density at radius 1 is 1.31 bits per heavy atom. The third-order valence-electron chi connectivity index (χ3n) is 3.12. The molecule has 13 heavy (non-hydrogen) atoms. The number of sulfonamides is 1. The van der Waals surface area contributed by atoms with Gasteiger partial charge in [0.25, 0.3) is 0 Å². The van der Waals surface area contributed by atoms with Crippen LogP contribution >= 0.6 is 11.8 Å². The van der Waals surface area contributed by atoms with Gasteiger partial charge in [0, 0.05) is 23.6 Å². The van der Waals surface area contributed by atoms with E-state index in [1.165, 1.54) is 0 Å². The Hall–Kier alpha value is 0.260. The van der Waals surface area contributed by atoms with Crippen LogP contribution in [-0.2, 0) is 10.0 Å². The minimum atomic E-state index is -2.88. The van der Waals surface area contributed by atoms with Crippen molar-refractivity contribution in [3.05, 3.63) is 0 Å². The van der Waals surface area contributed by atoms with E-state index in [9.17, 15) is 8.42 Å². The molecule has 5 heteroatoms. The summed E-state index contributed by atoms with van der Waals surface area (Å²) in [5.41, 5.74) is 0. The highest BCUT2D eigenvalue weighted by atomic mass is 32.2. The molecule has 0 spiro atoms. The van der Waals surface area contributed by atoms with Crippen LogP contribution in [0.15, 0.2) is 0 Å². The molecule has 1 saturated carbocycles. The molecule has 3 rings (SSSR count). The van der Waals surface area contributed by atoms with E-state index in [1.807, 2.05) is 11.8 Å². The number of rotatable bonds is 2. The summed E-state index contributed by atoms with van der Waals surface area (Å²) in [5.74, 6) is 1.02. The van der Waals surface area contributed by atoms with E-state index in [0.717, 1.165) is 31.6 Å². The number of thioether (sulfide) groups is 1. The zero-order valence-corrected chi connectivity index (χ0v) is 8.98. The Labute approximate surface area is 82.9 Å². The van der Waals surface area contributed by atoms with Gasteiger partial charge in [-0.15, -0.1) is 0 Å². The maximum absolute atomic E-state index is 11.9. The van der Waals surface area contributed by atoms with Crippen LogP contribution in [0.4, 0.5) is 0 Å². The lowest BCUT2D eigenvalue weighted by Gasteiger charge is -2.25. The lowest BCUT2D eigenvalue weighted by atomic mass is 10.3. The van der Waals surface area contributed by atoms with Gasteiger partial charge < -0.3 is 0 Å². The standard InChI is InChI=1S/C8H13NO2S2/c10-13(11,8-1-2-8)9-4-7-3-6(9)5-12-7/h6-8H,1-5H2. The number of hydrogen-bond acceptors (Lipinski definition) is 3. The van der Waals surface area contributed by atoms with E-state index in [-0.39, 0.29) is 5.25 Å². The third kappa shape index (κ3) is 1.24. The van der Waals surface area contributed by atoms with Gasteiger partial charge in [-0.05, 0) is 19.3 Å². The van der Waals surface area contributed by atoms with Crippen molar-refractivity contribution in [2.75, 3.05) is 12.3 Å². The van der Waals surface area contributed by atoms with Crippen LogP contribution in [-0.4, -0.2) is 41.6 Å². The summed E-state index contributed by atoms with van der Waals surface area (Å²) >= 11 is 1.94. The first-order chi connectivity index (χ1) is 6.18. The second-order valence-corrected chi connectivity index (χ2v) is 7.66. The average Bonchev–Trinajstić information content (AvgIpc) is 2.76. The van der Waals surface area contributed by atoms with E-state index in [2.05, 4.69) is 0 Å². The molecule has 0 amide bonds. The topological polar surface area (TPSA) is 37.4 Å². The first-order valence-electron chi connectivity index (χ1n) is 4.80. The molecule has 1 aliphatic carbocycles. The lowest BCUT2D eigenvalue weighted by Crippen LogP contribution is -2.40. The molecule has 3 nitrogen and oxygen atoms in total. The van der Waals surface area contributed by atoms with Gasteiger partial charge in [0.1, 0.15) is 0 Å². The van der Waals surface area contributed by atoms with Crippen LogP contribution in [0.1, 0.15) is 19.3 Å². The molecule has 2 unspecified atom stereocenters. The van der Waals surface area contributed by atoms with E-state index in [4.69, 9.17) is 0 Å². The molecule has 2 heterocycles. The Kier molecular flexibility index (Phi) is 1.74. The largest absolute Gasteiger partial charge is 0.217 e. The summed E-state index contributed by atoms with van der Waals surface area (Å²) in [6.45, 7) is 0.786. The highest BCUT2D eigenvalue weighted by Crippen LogP contribution is 2.42. The van der Waals surface area contributed by atoms with Gasteiger partial charge >= 0.3 is 0 Å². The zero-order valence-electron chi connectivity index (χ0n) is 7.35. The normalized spacial score (nSPS) is 40.0. The molecule has 0 aromatic carbocycles. The number of fused-ring (bicyclic) bond motifs is 2. The predicted molar refractivity (Wildman–Crippen MR) is 53.3 cm³/mol. The average molecular weight is 219 g/mol. The smallest absolute Gasteiger partial charge is 0.212 e. The SMILES string of the molecule is O=S(=O)(C1CC1)N1CC2CC1CS2. The Balaban J connectivity index is 1.86. The van der Waals surface area contributed by atoms with Gasteiger partial charge in [-0.1, -0.05) is 0 Å². The summed E-state index contributed by atoms with van der Waals surface area (Å²) in [5, 5.41) is 0.579. The zero-order chi connectivity index (χ0) is 9.05. The fourth-order valence-corrected chi connectivity index (χ4v) is 5.94. The summed E-state index contributed by atoms with van der Waals surface area (Å²) < 4.78 is 25.6. The Bertz CT molecular complexity index is 323. The predicted octanol–water partition coefficient (Wildman–Crippen LogP) is 0.668. The minimum absolute atomic E-state index is 0.0168. The Morgan fingerprint density at radius 3 is 2.54 bits per heavy atom.